The quantitative estimate of drug-likeness (QED) is 0.785. The van der Waals surface area contributed by atoms with E-state index in [9.17, 15) is 5.11 Å². The zero-order valence-electron chi connectivity index (χ0n) is 13.9. The van der Waals surface area contributed by atoms with E-state index in [1.54, 1.807) is 6.07 Å². The number of phenolic OH excluding ortho intramolecular Hbond substituents is 1. The molecule has 0 spiro atoms. The monoisotopic (exact) mass is 314 g/mol. The van der Waals surface area contributed by atoms with Crippen molar-refractivity contribution in [3.63, 3.8) is 0 Å². The third-order valence-corrected chi connectivity index (χ3v) is 3.97. The molecule has 23 heavy (non-hydrogen) atoms. The van der Waals surface area contributed by atoms with E-state index < -0.39 is 0 Å². The van der Waals surface area contributed by atoms with Crippen molar-refractivity contribution in [2.75, 3.05) is 19.7 Å². The molecule has 0 amide bonds. The molecule has 0 fully saturated rings. The van der Waals surface area contributed by atoms with Gasteiger partial charge in [0.15, 0.2) is 11.5 Å². The first-order valence-corrected chi connectivity index (χ1v) is 8.13. The van der Waals surface area contributed by atoms with Gasteiger partial charge in [-0.2, -0.15) is 0 Å². The van der Waals surface area contributed by atoms with E-state index >= 15 is 0 Å². The molecule has 2 aromatic carbocycles. The van der Waals surface area contributed by atoms with Crippen LogP contribution >= 0.6 is 0 Å². The average molecular weight is 314 g/mol. The molecule has 0 radical (unpaired) electrons. The number of nitrogens with zero attached hydrogens (tertiary/aromatic N) is 1. The number of rotatable bonds is 8. The van der Waals surface area contributed by atoms with Gasteiger partial charge in [0.25, 0.3) is 0 Å². The summed E-state index contributed by atoms with van der Waals surface area (Å²) >= 11 is 0. The van der Waals surface area contributed by atoms with Gasteiger partial charge in [-0.05, 0) is 36.7 Å². The largest absolute Gasteiger partial charge is 0.504 e. The van der Waals surface area contributed by atoms with E-state index in [1.165, 1.54) is 5.56 Å². The van der Waals surface area contributed by atoms with Crippen LogP contribution in [0.2, 0.25) is 0 Å². The molecule has 0 aliphatic heterocycles. The Labute approximate surface area is 138 Å². The van der Waals surface area contributed by atoms with E-state index in [0.29, 0.717) is 18.9 Å². The van der Waals surface area contributed by atoms with Crippen molar-refractivity contribution in [1.29, 1.82) is 0 Å². The summed E-state index contributed by atoms with van der Waals surface area (Å²) in [5, 5.41) is 9.88. The Morgan fingerprint density at radius 2 is 1.87 bits per heavy atom. The highest BCUT2D eigenvalue weighted by atomic mass is 16.5. The van der Waals surface area contributed by atoms with Crippen LogP contribution in [0.25, 0.3) is 0 Å². The van der Waals surface area contributed by atoms with Crippen molar-refractivity contribution in [3.8, 4) is 11.5 Å². The Kier molecular flexibility index (Phi) is 6.44. The second kappa shape index (κ2) is 8.56. The first-order chi connectivity index (χ1) is 11.2. The number of aromatic hydroxyl groups is 1. The van der Waals surface area contributed by atoms with Crippen molar-refractivity contribution >= 4 is 0 Å². The molecule has 0 aliphatic rings. The molecule has 2 aromatic rings. The van der Waals surface area contributed by atoms with E-state index in [4.69, 9.17) is 10.5 Å². The maximum absolute atomic E-state index is 9.88. The molecule has 1 atom stereocenters. The first-order valence-electron chi connectivity index (χ1n) is 8.13. The van der Waals surface area contributed by atoms with Crippen molar-refractivity contribution in [2.24, 2.45) is 5.73 Å². The van der Waals surface area contributed by atoms with Crippen molar-refractivity contribution in [2.45, 2.75) is 26.4 Å². The summed E-state index contributed by atoms with van der Waals surface area (Å²) in [5.74, 6) is 0.677. The molecule has 0 saturated heterocycles. The molecular formula is C19H26N2O2. The zero-order valence-corrected chi connectivity index (χ0v) is 13.9. The number of phenols is 1. The van der Waals surface area contributed by atoms with Crippen LogP contribution in [0.5, 0.6) is 11.5 Å². The third-order valence-electron chi connectivity index (χ3n) is 3.97. The van der Waals surface area contributed by atoms with Crippen LogP contribution in [0.15, 0.2) is 48.5 Å². The topological polar surface area (TPSA) is 58.7 Å². The predicted molar refractivity (Wildman–Crippen MR) is 93.6 cm³/mol. The van der Waals surface area contributed by atoms with Gasteiger partial charge in [-0.1, -0.05) is 43.3 Å². The summed E-state index contributed by atoms with van der Waals surface area (Å²) in [6.07, 6.45) is 0. The summed E-state index contributed by atoms with van der Waals surface area (Å²) in [4.78, 5) is 2.33. The molecule has 0 bridgehead atoms. The molecule has 4 nitrogen and oxygen atoms in total. The second-order valence-corrected chi connectivity index (χ2v) is 5.46. The smallest absolute Gasteiger partial charge is 0.161 e. The number of benzene rings is 2. The predicted octanol–water partition coefficient (Wildman–Crippen LogP) is 3.31. The van der Waals surface area contributed by atoms with Gasteiger partial charge in [0.05, 0.1) is 6.61 Å². The van der Waals surface area contributed by atoms with Gasteiger partial charge in [0.1, 0.15) is 0 Å². The Bertz CT molecular complexity index is 602. The van der Waals surface area contributed by atoms with Crippen LogP contribution in [0.4, 0.5) is 0 Å². The summed E-state index contributed by atoms with van der Waals surface area (Å²) in [7, 11) is 0. The summed E-state index contributed by atoms with van der Waals surface area (Å²) in [5.41, 5.74) is 8.37. The maximum atomic E-state index is 9.88. The average Bonchev–Trinajstić information content (AvgIpc) is 2.58. The Morgan fingerprint density at radius 1 is 1.13 bits per heavy atom. The SMILES string of the molecule is CCOc1cc(C(CN)N(CC)Cc2ccccc2)ccc1O. The molecule has 4 heteroatoms. The Morgan fingerprint density at radius 3 is 2.48 bits per heavy atom. The highest BCUT2D eigenvalue weighted by molar-refractivity contribution is 5.43. The lowest BCUT2D eigenvalue weighted by Crippen LogP contribution is -2.33. The number of hydrogen-bond donors (Lipinski definition) is 2. The zero-order chi connectivity index (χ0) is 16.7. The van der Waals surface area contributed by atoms with Gasteiger partial charge in [0, 0.05) is 19.1 Å². The number of likely N-dealkylation sites (N-methyl/N-ethyl adjacent to an activating group) is 1. The van der Waals surface area contributed by atoms with Gasteiger partial charge in [-0.3, -0.25) is 4.90 Å². The van der Waals surface area contributed by atoms with Crippen molar-refractivity contribution in [3.05, 3.63) is 59.7 Å². The minimum absolute atomic E-state index is 0.0833. The third kappa shape index (κ3) is 4.47. The molecule has 124 valence electrons. The Hall–Kier alpha value is -2.04. The maximum Gasteiger partial charge on any atom is 0.161 e. The molecule has 3 N–H and O–H groups in total. The van der Waals surface area contributed by atoms with E-state index in [-0.39, 0.29) is 11.8 Å². The fraction of sp³-hybridized carbons (Fsp3) is 0.368. The first kappa shape index (κ1) is 17.3. The fourth-order valence-corrected chi connectivity index (χ4v) is 2.77. The number of hydrogen-bond acceptors (Lipinski definition) is 4. The van der Waals surface area contributed by atoms with Crippen LogP contribution < -0.4 is 10.5 Å². The highest BCUT2D eigenvalue weighted by Crippen LogP contribution is 2.31. The molecular weight excluding hydrogens is 288 g/mol. The van der Waals surface area contributed by atoms with Gasteiger partial charge in [-0.25, -0.2) is 0 Å². The second-order valence-electron chi connectivity index (χ2n) is 5.46. The van der Waals surface area contributed by atoms with Crippen molar-refractivity contribution in [1.82, 2.24) is 4.90 Å². The molecule has 0 aromatic heterocycles. The molecule has 0 saturated carbocycles. The summed E-state index contributed by atoms with van der Waals surface area (Å²) in [6.45, 7) is 6.80. The molecule has 0 heterocycles. The minimum Gasteiger partial charge on any atom is -0.504 e. The summed E-state index contributed by atoms with van der Waals surface area (Å²) in [6, 6.07) is 15.9. The fourth-order valence-electron chi connectivity index (χ4n) is 2.77. The number of nitrogens with two attached hydrogens (primary N) is 1. The molecule has 2 rings (SSSR count). The lowest BCUT2D eigenvalue weighted by atomic mass is 10.0. The van der Waals surface area contributed by atoms with Crippen LogP contribution in [0.1, 0.15) is 31.0 Å². The molecule has 0 aliphatic carbocycles. The van der Waals surface area contributed by atoms with Crippen LogP contribution in [0.3, 0.4) is 0 Å². The van der Waals surface area contributed by atoms with Gasteiger partial charge in [0.2, 0.25) is 0 Å². The van der Waals surface area contributed by atoms with Crippen molar-refractivity contribution < 1.29 is 9.84 Å². The normalized spacial score (nSPS) is 12.3. The van der Waals surface area contributed by atoms with Crippen LogP contribution in [-0.2, 0) is 6.54 Å². The number of ether oxygens (including phenoxy) is 1. The van der Waals surface area contributed by atoms with Gasteiger partial charge >= 0.3 is 0 Å². The van der Waals surface area contributed by atoms with E-state index in [1.807, 2.05) is 37.3 Å². The lowest BCUT2D eigenvalue weighted by Gasteiger charge is -2.30. The molecule has 1 unspecified atom stereocenters. The van der Waals surface area contributed by atoms with Crippen LogP contribution in [-0.4, -0.2) is 29.7 Å². The van der Waals surface area contributed by atoms with Gasteiger partial charge < -0.3 is 15.6 Å². The van der Waals surface area contributed by atoms with E-state index in [2.05, 4.69) is 24.0 Å². The van der Waals surface area contributed by atoms with Gasteiger partial charge in [-0.15, -0.1) is 0 Å². The standard InChI is InChI=1S/C19H26N2O2/c1-3-21(14-15-8-6-5-7-9-15)17(13-20)16-10-11-18(22)19(12-16)23-4-2/h5-12,17,22H,3-4,13-14,20H2,1-2H3. The summed E-state index contributed by atoms with van der Waals surface area (Å²) < 4.78 is 5.49. The lowest BCUT2D eigenvalue weighted by molar-refractivity contribution is 0.202. The van der Waals surface area contributed by atoms with E-state index in [0.717, 1.165) is 18.7 Å². The Balaban J connectivity index is 2.24. The highest BCUT2D eigenvalue weighted by Gasteiger charge is 2.19. The minimum atomic E-state index is 0.0833. The van der Waals surface area contributed by atoms with Crippen LogP contribution in [0, 0.1) is 0 Å².